The van der Waals surface area contributed by atoms with Gasteiger partial charge in [-0.2, -0.15) is 5.10 Å². The minimum Gasteiger partial charge on any atom is -0.455 e. The highest BCUT2D eigenvalue weighted by atomic mass is 16.4. The van der Waals surface area contributed by atoms with Crippen LogP contribution < -0.4 is 5.73 Å². The van der Waals surface area contributed by atoms with Gasteiger partial charge in [0.2, 0.25) is 0 Å². The van der Waals surface area contributed by atoms with Crippen molar-refractivity contribution in [1.82, 2.24) is 15.1 Å². The SMILES string of the molecule is CN(Cc1cn[nH]c1)C(=O)c1ccc(CN)o1. The lowest BCUT2D eigenvalue weighted by atomic mass is 10.3. The first-order valence-corrected chi connectivity index (χ1v) is 5.22. The van der Waals surface area contributed by atoms with Crippen molar-refractivity contribution in [1.29, 1.82) is 0 Å². The fourth-order valence-electron chi connectivity index (χ4n) is 1.50. The second-order valence-corrected chi connectivity index (χ2v) is 3.74. The van der Waals surface area contributed by atoms with E-state index in [2.05, 4.69) is 10.2 Å². The average molecular weight is 234 g/mol. The van der Waals surface area contributed by atoms with Crippen LogP contribution >= 0.6 is 0 Å². The molecule has 17 heavy (non-hydrogen) atoms. The van der Waals surface area contributed by atoms with E-state index in [1.165, 1.54) is 0 Å². The van der Waals surface area contributed by atoms with Gasteiger partial charge >= 0.3 is 0 Å². The maximum Gasteiger partial charge on any atom is 0.289 e. The van der Waals surface area contributed by atoms with Gasteiger partial charge in [0.05, 0.1) is 12.7 Å². The van der Waals surface area contributed by atoms with Crippen LogP contribution in [-0.4, -0.2) is 28.1 Å². The summed E-state index contributed by atoms with van der Waals surface area (Å²) in [6.07, 6.45) is 3.43. The molecule has 0 fully saturated rings. The van der Waals surface area contributed by atoms with Gasteiger partial charge in [-0.05, 0) is 12.1 Å². The second-order valence-electron chi connectivity index (χ2n) is 3.74. The summed E-state index contributed by atoms with van der Waals surface area (Å²) < 4.78 is 5.30. The van der Waals surface area contributed by atoms with Crippen LogP contribution in [0.4, 0.5) is 0 Å². The average Bonchev–Trinajstić information content (AvgIpc) is 2.98. The number of hydrogen-bond acceptors (Lipinski definition) is 4. The van der Waals surface area contributed by atoms with Crippen LogP contribution in [0.2, 0.25) is 0 Å². The molecule has 90 valence electrons. The molecular formula is C11H14N4O2. The molecule has 2 rings (SSSR count). The highest BCUT2D eigenvalue weighted by Gasteiger charge is 2.16. The fourth-order valence-corrected chi connectivity index (χ4v) is 1.50. The number of nitrogens with one attached hydrogen (secondary N) is 1. The van der Waals surface area contributed by atoms with E-state index in [9.17, 15) is 4.79 Å². The Morgan fingerprint density at radius 1 is 1.59 bits per heavy atom. The Morgan fingerprint density at radius 3 is 3.00 bits per heavy atom. The zero-order valence-corrected chi connectivity index (χ0v) is 9.51. The lowest BCUT2D eigenvalue weighted by Crippen LogP contribution is -2.25. The topological polar surface area (TPSA) is 88.2 Å². The van der Waals surface area contributed by atoms with E-state index in [0.29, 0.717) is 24.6 Å². The molecular weight excluding hydrogens is 220 g/mol. The molecule has 0 aliphatic carbocycles. The van der Waals surface area contributed by atoms with Crippen molar-refractivity contribution in [3.63, 3.8) is 0 Å². The Hall–Kier alpha value is -2.08. The Bertz CT molecular complexity index is 489. The molecule has 0 aromatic carbocycles. The van der Waals surface area contributed by atoms with E-state index >= 15 is 0 Å². The van der Waals surface area contributed by atoms with Crippen LogP contribution in [0.3, 0.4) is 0 Å². The highest BCUT2D eigenvalue weighted by molar-refractivity contribution is 5.91. The highest BCUT2D eigenvalue weighted by Crippen LogP contribution is 2.11. The number of H-pyrrole nitrogens is 1. The summed E-state index contributed by atoms with van der Waals surface area (Å²) in [5.41, 5.74) is 6.35. The predicted molar refractivity (Wildman–Crippen MR) is 61.0 cm³/mol. The number of rotatable bonds is 4. The van der Waals surface area contributed by atoms with Crippen molar-refractivity contribution in [2.24, 2.45) is 5.73 Å². The van der Waals surface area contributed by atoms with Gasteiger partial charge in [-0.3, -0.25) is 9.89 Å². The summed E-state index contributed by atoms with van der Waals surface area (Å²) in [5, 5.41) is 6.52. The zero-order valence-electron chi connectivity index (χ0n) is 9.51. The van der Waals surface area contributed by atoms with Gasteiger partial charge in [-0.25, -0.2) is 0 Å². The molecule has 0 unspecified atom stereocenters. The summed E-state index contributed by atoms with van der Waals surface area (Å²) in [7, 11) is 1.71. The minimum absolute atomic E-state index is 0.175. The summed E-state index contributed by atoms with van der Waals surface area (Å²) in [4.78, 5) is 13.5. The summed E-state index contributed by atoms with van der Waals surface area (Å²) in [6.45, 7) is 0.771. The van der Waals surface area contributed by atoms with Crippen molar-refractivity contribution in [2.75, 3.05) is 7.05 Å². The largest absolute Gasteiger partial charge is 0.455 e. The van der Waals surface area contributed by atoms with Crippen LogP contribution in [0.25, 0.3) is 0 Å². The molecule has 6 heteroatoms. The molecule has 0 atom stereocenters. The van der Waals surface area contributed by atoms with Gasteiger partial charge in [0.1, 0.15) is 5.76 Å². The standard InChI is InChI=1S/C11H14N4O2/c1-15(7-8-5-13-14-6-8)11(16)10-3-2-9(4-12)17-10/h2-3,5-6H,4,7,12H2,1H3,(H,13,14). The Labute approximate surface area is 98.4 Å². The minimum atomic E-state index is -0.175. The van der Waals surface area contributed by atoms with E-state index in [1.807, 2.05) is 0 Å². The normalized spacial score (nSPS) is 10.5. The van der Waals surface area contributed by atoms with E-state index in [-0.39, 0.29) is 5.91 Å². The number of nitrogens with two attached hydrogens (primary N) is 1. The maximum atomic E-state index is 12.0. The number of carbonyl (C=O) groups excluding carboxylic acids is 1. The molecule has 0 saturated carbocycles. The van der Waals surface area contributed by atoms with Crippen molar-refractivity contribution in [3.8, 4) is 0 Å². The first-order valence-electron chi connectivity index (χ1n) is 5.22. The van der Waals surface area contributed by atoms with Crippen molar-refractivity contribution in [2.45, 2.75) is 13.1 Å². The van der Waals surface area contributed by atoms with Crippen LogP contribution in [0, 0.1) is 0 Å². The van der Waals surface area contributed by atoms with Crippen LogP contribution in [0.1, 0.15) is 21.9 Å². The number of furan rings is 1. The summed E-state index contributed by atoms with van der Waals surface area (Å²) in [5.74, 6) is 0.729. The molecule has 2 aromatic heterocycles. The first kappa shape index (κ1) is 11.4. The van der Waals surface area contributed by atoms with E-state index in [0.717, 1.165) is 5.56 Å². The number of aromatic nitrogens is 2. The predicted octanol–water partition coefficient (Wildman–Crippen LogP) is 0.734. The Balaban J connectivity index is 2.04. The molecule has 0 bridgehead atoms. The van der Waals surface area contributed by atoms with Gasteiger partial charge in [-0.1, -0.05) is 0 Å². The molecule has 0 saturated heterocycles. The monoisotopic (exact) mass is 234 g/mol. The molecule has 0 aliphatic rings. The van der Waals surface area contributed by atoms with E-state index < -0.39 is 0 Å². The fraction of sp³-hybridized carbons (Fsp3) is 0.273. The Kier molecular flexibility index (Phi) is 3.24. The van der Waals surface area contributed by atoms with E-state index in [4.69, 9.17) is 10.2 Å². The zero-order chi connectivity index (χ0) is 12.3. The molecule has 3 N–H and O–H groups in total. The maximum absolute atomic E-state index is 12.0. The molecule has 0 spiro atoms. The smallest absolute Gasteiger partial charge is 0.289 e. The van der Waals surface area contributed by atoms with Gasteiger partial charge < -0.3 is 15.1 Å². The number of aromatic amines is 1. The number of amides is 1. The third-order valence-corrected chi connectivity index (χ3v) is 2.39. The molecule has 6 nitrogen and oxygen atoms in total. The third kappa shape index (κ3) is 2.54. The molecule has 0 aliphatic heterocycles. The van der Waals surface area contributed by atoms with Gasteiger partial charge in [-0.15, -0.1) is 0 Å². The number of carbonyl (C=O) groups is 1. The lowest BCUT2D eigenvalue weighted by Gasteiger charge is -2.14. The number of hydrogen-bond donors (Lipinski definition) is 2. The van der Waals surface area contributed by atoms with Crippen LogP contribution in [-0.2, 0) is 13.1 Å². The Morgan fingerprint density at radius 2 is 2.41 bits per heavy atom. The quantitative estimate of drug-likeness (QED) is 0.816. The van der Waals surface area contributed by atoms with Crippen LogP contribution in [0.15, 0.2) is 28.9 Å². The summed E-state index contributed by atoms with van der Waals surface area (Å²) in [6, 6.07) is 3.34. The van der Waals surface area contributed by atoms with Gasteiger partial charge in [0.25, 0.3) is 5.91 Å². The van der Waals surface area contributed by atoms with Crippen molar-refractivity contribution in [3.05, 3.63) is 41.6 Å². The first-order chi connectivity index (χ1) is 8.20. The van der Waals surface area contributed by atoms with Crippen molar-refractivity contribution < 1.29 is 9.21 Å². The lowest BCUT2D eigenvalue weighted by molar-refractivity contribution is 0.0751. The van der Waals surface area contributed by atoms with Crippen molar-refractivity contribution >= 4 is 5.91 Å². The second kappa shape index (κ2) is 4.84. The van der Waals surface area contributed by atoms with Gasteiger partial charge in [0, 0.05) is 25.4 Å². The number of nitrogens with zero attached hydrogens (tertiary/aromatic N) is 2. The molecule has 2 aromatic rings. The van der Waals surface area contributed by atoms with Crippen LogP contribution in [0.5, 0.6) is 0 Å². The third-order valence-electron chi connectivity index (χ3n) is 2.39. The molecule has 1 amide bonds. The van der Waals surface area contributed by atoms with Gasteiger partial charge in [0.15, 0.2) is 5.76 Å². The molecule has 0 radical (unpaired) electrons. The van der Waals surface area contributed by atoms with E-state index in [1.54, 1.807) is 36.5 Å². The summed E-state index contributed by atoms with van der Waals surface area (Å²) >= 11 is 0. The molecule has 2 heterocycles.